The van der Waals surface area contributed by atoms with Gasteiger partial charge in [-0.2, -0.15) is 0 Å². The lowest BCUT2D eigenvalue weighted by molar-refractivity contribution is -0.141. The highest BCUT2D eigenvalue weighted by molar-refractivity contribution is 5.81. The van der Waals surface area contributed by atoms with Gasteiger partial charge in [-0.1, -0.05) is 51.1 Å². The Labute approximate surface area is 281 Å². The van der Waals surface area contributed by atoms with Gasteiger partial charge in [-0.25, -0.2) is 0 Å². The highest BCUT2D eigenvalue weighted by Crippen LogP contribution is 2.37. The van der Waals surface area contributed by atoms with Crippen LogP contribution in [0.25, 0.3) is 0 Å². The number of piperidine rings is 1. The zero-order valence-corrected chi connectivity index (χ0v) is 29.1. The molecule has 2 aliphatic rings. The van der Waals surface area contributed by atoms with E-state index in [1.54, 1.807) is 19.1 Å². The van der Waals surface area contributed by atoms with Gasteiger partial charge in [0.2, 0.25) is 5.91 Å². The zero-order chi connectivity index (χ0) is 33.8. The van der Waals surface area contributed by atoms with Crippen LogP contribution in [0.5, 0.6) is 5.75 Å². The van der Waals surface area contributed by atoms with E-state index in [-0.39, 0.29) is 30.5 Å². The molecule has 0 radical (unpaired) electrons. The Morgan fingerprint density at radius 2 is 1.79 bits per heavy atom. The van der Waals surface area contributed by atoms with E-state index in [9.17, 15) is 9.90 Å². The summed E-state index contributed by atoms with van der Waals surface area (Å²) in [4.78, 5) is 17.7. The van der Waals surface area contributed by atoms with E-state index in [1.807, 2.05) is 12.1 Å². The lowest BCUT2D eigenvalue weighted by atomic mass is 9.78. The number of nitrogens with zero attached hydrogens (tertiary/aromatic N) is 2. The minimum atomic E-state index is -0.581. The van der Waals surface area contributed by atoms with Crippen molar-refractivity contribution in [1.29, 1.82) is 0 Å². The van der Waals surface area contributed by atoms with Crippen molar-refractivity contribution in [1.82, 2.24) is 4.90 Å². The van der Waals surface area contributed by atoms with Gasteiger partial charge in [0.25, 0.3) is 0 Å². The third-order valence-corrected chi connectivity index (χ3v) is 9.06. The number of hydrogen-bond acceptors (Lipinski definition) is 9. The number of methoxy groups -OCH3 is 2. The molecule has 0 spiro atoms. The number of rotatable bonds is 18. The summed E-state index contributed by atoms with van der Waals surface area (Å²) in [6.45, 7) is 12.3. The van der Waals surface area contributed by atoms with E-state index in [1.165, 1.54) is 0 Å². The topological polar surface area (TPSA) is 116 Å². The average Bonchev–Trinajstić information content (AvgIpc) is 3.07. The molecule has 1 amide bonds. The van der Waals surface area contributed by atoms with Crippen molar-refractivity contribution < 1.29 is 33.6 Å². The van der Waals surface area contributed by atoms with Crippen LogP contribution < -0.4 is 15.4 Å². The van der Waals surface area contributed by atoms with Gasteiger partial charge < -0.3 is 44.3 Å². The first-order valence-electron chi connectivity index (χ1n) is 17.2. The van der Waals surface area contributed by atoms with Crippen molar-refractivity contribution in [2.24, 2.45) is 23.5 Å². The number of fused-ring (bicyclic) bond motifs is 1. The molecule has 3 N–H and O–H groups in total. The van der Waals surface area contributed by atoms with Gasteiger partial charge >= 0.3 is 0 Å². The van der Waals surface area contributed by atoms with Gasteiger partial charge in [0.15, 0.2) is 0 Å². The molecule has 2 aliphatic heterocycles. The van der Waals surface area contributed by atoms with Crippen LogP contribution >= 0.6 is 0 Å². The number of nitrogens with two attached hydrogens (primary N) is 1. The highest BCUT2D eigenvalue weighted by Gasteiger charge is 2.41. The van der Waals surface area contributed by atoms with Crippen LogP contribution in [0.15, 0.2) is 42.5 Å². The molecule has 0 aromatic heterocycles. The average molecular weight is 656 g/mol. The second kappa shape index (κ2) is 18.7. The SMILES string of the molecule is COCCCN1CCOc2ccc(CO[C@H]3CN(C(=O)C(N)CC(C)C)C[C@@H](CO)[C@@H]3c3ccc(COCC(C)COC)cc3)cc21. The minimum Gasteiger partial charge on any atom is -0.490 e. The monoisotopic (exact) mass is 655 g/mol. The molecule has 2 heterocycles. The van der Waals surface area contributed by atoms with Gasteiger partial charge in [0.1, 0.15) is 12.4 Å². The third kappa shape index (κ3) is 10.6. The maximum atomic E-state index is 13.5. The molecule has 47 heavy (non-hydrogen) atoms. The third-order valence-electron chi connectivity index (χ3n) is 9.06. The van der Waals surface area contributed by atoms with Crippen LogP contribution in [-0.2, 0) is 37.0 Å². The number of amides is 1. The molecule has 4 rings (SSSR count). The predicted molar refractivity (Wildman–Crippen MR) is 184 cm³/mol. The normalized spacial score (nSPS) is 21.0. The van der Waals surface area contributed by atoms with Crippen molar-refractivity contribution in [2.45, 2.75) is 64.9 Å². The fraction of sp³-hybridized carbons (Fsp3) is 0.649. The number of ether oxygens (including phenoxy) is 5. The van der Waals surface area contributed by atoms with E-state index in [2.05, 4.69) is 56.0 Å². The first-order chi connectivity index (χ1) is 22.7. The van der Waals surface area contributed by atoms with Crippen LogP contribution in [0.3, 0.4) is 0 Å². The predicted octanol–water partition coefficient (Wildman–Crippen LogP) is 4.21. The maximum absolute atomic E-state index is 13.5. The van der Waals surface area contributed by atoms with Gasteiger partial charge in [-0.15, -0.1) is 0 Å². The summed E-state index contributed by atoms with van der Waals surface area (Å²) in [6.07, 6.45) is 1.21. The number of benzene rings is 2. The number of carbonyl (C=O) groups excluding carboxylic acids is 1. The Balaban J connectivity index is 1.53. The molecule has 2 aromatic rings. The Morgan fingerprint density at radius 3 is 2.49 bits per heavy atom. The summed E-state index contributed by atoms with van der Waals surface area (Å²) in [7, 11) is 3.43. The molecule has 2 aromatic carbocycles. The van der Waals surface area contributed by atoms with E-state index in [4.69, 9.17) is 29.4 Å². The van der Waals surface area contributed by atoms with Crippen LogP contribution in [-0.4, -0.2) is 101 Å². The highest BCUT2D eigenvalue weighted by atomic mass is 16.5. The summed E-state index contributed by atoms with van der Waals surface area (Å²) in [6, 6.07) is 14.0. The van der Waals surface area contributed by atoms with Crippen LogP contribution in [0.4, 0.5) is 5.69 Å². The Morgan fingerprint density at radius 1 is 1.02 bits per heavy atom. The summed E-state index contributed by atoms with van der Waals surface area (Å²) in [5.41, 5.74) is 10.6. The lowest BCUT2D eigenvalue weighted by Crippen LogP contribution is -2.56. The molecule has 1 saturated heterocycles. The number of aliphatic hydroxyl groups is 1. The van der Waals surface area contributed by atoms with Gasteiger partial charge in [0, 0.05) is 64.8 Å². The van der Waals surface area contributed by atoms with Crippen LogP contribution in [0, 0.1) is 17.8 Å². The smallest absolute Gasteiger partial charge is 0.239 e. The molecule has 0 aliphatic carbocycles. The molecule has 10 heteroatoms. The number of carbonyl (C=O) groups is 1. The molecule has 10 nitrogen and oxygen atoms in total. The van der Waals surface area contributed by atoms with E-state index < -0.39 is 6.04 Å². The molecular formula is C37H57N3O7. The molecular weight excluding hydrogens is 598 g/mol. The lowest BCUT2D eigenvalue weighted by Gasteiger charge is -2.44. The molecule has 262 valence electrons. The standard InChI is InChI=1S/C37H57N3O7/c1-26(2)17-32(38)37(42)40-19-31(21-41)36(30-10-7-28(8-11-30)24-45-23-27(3)22-44-5)35(20-40)47-25-29-9-12-34-33(18-29)39(14-16-46-34)13-6-15-43-4/h7-12,18,26-27,31-32,35-36,41H,6,13-17,19-25,38H2,1-5H3/t27?,31-,32?,35-,36-/m0/s1. The first-order valence-corrected chi connectivity index (χ1v) is 17.2. The van der Waals surface area contributed by atoms with Crippen LogP contribution in [0.2, 0.25) is 0 Å². The quantitative estimate of drug-likeness (QED) is 0.228. The first kappa shape index (κ1) is 37.1. The van der Waals surface area contributed by atoms with E-state index >= 15 is 0 Å². The van der Waals surface area contributed by atoms with Crippen molar-refractivity contribution in [2.75, 3.05) is 78.3 Å². The largest absolute Gasteiger partial charge is 0.490 e. The second-order valence-electron chi connectivity index (χ2n) is 13.6. The van der Waals surface area contributed by atoms with Gasteiger partial charge in [-0.3, -0.25) is 4.79 Å². The van der Waals surface area contributed by atoms with E-state index in [0.717, 1.165) is 47.6 Å². The molecule has 0 bridgehead atoms. The summed E-state index contributed by atoms with van der Waals surface area (Å²) in [5, 5.41) is 10.6. The number of hydrogen-bond donors (Lipinski definition) is 2. The minimum absolute atomic E-state index is 0.0669. The van der Waals surface area contributed by atoms with Crippen molar-refractivity contribution >= 4 is 11.6 Å². The summed E-state index contributed by atoms with van der Waals surface area (Å²) < 4.78 is 29.1. The second-order valence-corrected chi connectivity index (χ2v) is 13.6. The number of anilines is 1. The van der Waals surface area contributed by atoms with Crippen molar-refractivity contribution in [3.63, 3.8) is 0 Å². The fourth-order valence-corrected chi connectivity index (χ4v) is 6.73. The maximum Gasteiger partial charge on any atom is 0.239 e. The molecule has 1 fully saturated rings. The van der Waals surface area contributed by atoms with Crippen LogP contribution in [0.1, 0.15) is 56.2 Å². The Bertz CT molecular complexity index is 1230. The van der Waals surface area contributed by atoms with Gasteiger partial charge in [0.05, 0.1) is 50.8 Å². The summed E-state index contributed by atoms with van der Waals surface area (Å²) >= 11 is 0. The Hall–Kier alpha value is -2.73. The molecule has 5 atom stereocenters. The zero-order valence-electron chi connectivity index (χ0n) is 29.1. The molecule has 0 saturated carbocycles. The summed E-state index contributed by atoms with van der Waals surface area (Å²) in [5.74, 6) is 1.12. The number of likely N-dealkylation sites (tertiary alicyclic amines) is 1. The number of aliphatic hydroxyl groups excluding tert-OH is 1. The Kier molecular flexibility index (Phi) is 14.8. The van der Waals surface area contributed by atoms with Gasteiger partial charge in [-0.05, 0) is 47.6 Å². The van der Waals surface area contributed by atoms with E-state index in [0.29, 0.717) is 71.0 Å². The van der Waals surface area contributed by atoms with Crippen molar-refractivity contribution in [3.8, 4) is 5.75 Å². The molecule has 2 unspecified atom stereocenters. The van der Waals surface area contributed by atoms with Crippen molar-refractivity contribution in [3.05, 3.63) is 59.2 Å². The fourth-order valence-electron chi connectivity index (χ4n) is 6.73.